The standard InChI is InChI=1S/C16H20N2O/c1-3-18(4-2)15-11-19-17-16(15)14-10-9-12-7-5-6-8-13(12)14/h5-8,11,14H,3-4,9-10H2,1-2H3. The molecule has 0 bridgehead atoms. The van der Waals surface area contributed by atoms with E-state index in [1.807, 2.05) is 0 Å². The molecule has 0 N–H and O–H groups in total. The van der Waals surface area contributed by atoms with E-state index in [2.05, 4.69) is 48.2 Å². The van der Waals surface area contributed by atoms with Crippen LogP contribution in [0, 0.1) is 0 Å². The van der Waals surface area contributed by atoms with Crippen molar-refractivity contribution in [2.24, 2.45) is 0 Å². The van der Waals surface area contributed by atoms with Gasteiger partial charge in [-0.1, -0.05) is 29.4 Å². The summed E-state index contributed by atoms with van der Waals surface area (Å²) >= 11 is 0. The molecule has 1 atom stereocenters. The van der Waals surface area contributed by atoms with Crippen LogP contribution < -0.4 is 4.90 Å². The summed E-state index contributed by atoms with van der Waals surface area (Å²) in [5.74, 6) is 0.394. The number of anilines is 1. The summed E-state index contributed by atoms with van der Waals surface area (Å²) in [6, 6.07) is 8.70. The molecule has 1 aliphatic rings. The van der Waals surface area contributed by atoms with Crippen molar-refractivity contribution < 1.29 is 4.52 Å². The van der Waals surface area contributed by atoms with Crippen LogP contribution in [0.2, 0.25) is 0 Å². The fraction of sp³-hybridized carbons (Fsp3) is 0.438. The summed E-state index contributed by atoms with van der Waals surface area (Å²) in [6.07, 6.45) is 4.08. The highest BCUT2D eigenvalue weighted by molar-refractivity contribution is 5.54. The molecule has 1 unspecified atom stereocenters. The van der Waals surface area contributed by atoms with Gasteiger partial charge in [-0.05, 0) is 37.8 Å². The molecule has 3 nitrogen and oxygen atoms in total. The van der Waals surface area contributed by atoms with Crippen LogP contribution in [0.5, 0.6) is 0 Å². The lowest BCUT2D eigenvalue weighted by Crippen LogP contribution is -2.23. The van der Waals surface area contributed by atoms with E-state index in [1.165, 1.54) is 11.1 Å². The summed E-state index contributed by atoms with van der Waals surface area (Å²) in [7, 11) is 0. The van der Waals surface area contributed by atoms with E-state index in [4.69, 9.17) is 4.52 Å². The zero-order valence-electron chi connectivity index (χ0n) is 11.6. The highest BCUT2D eigenvalue weighted by Gasteiger charge is 2.29. The first-order valence-electron chi connectivity index (χ1n) is 7.12. The van der Waals surface area contributed by atoms with Gasteiger partial charge in [0, 0.05) is 19.0 Å². The molecule has 19 heavy (non-hydrogen) atoms. The number of nitrogens with zero attached hydrogens (tertiary/aromatic N) is 2. The molecule has 2 aromatic rings. The molecule has 0 fully saturated rings. The van der Waals surface area contributed by atoms with Gasteiger partial charge in [-0.25, -0.2) is 0 Å². The van der Waals surface area contributed by atoms with Crippen LogP contribution in [0.15, 0.2) is 35.1 Å². The summed E-state index contributed by atoms with van der Waals surface area (Å²) < 4.78 is 5.27. The molecule has 0 aliphatic heterocycles. The van der Waals surface area contributed by atoms with Crippen molar-refractivity contribution >= 4 is 5.69 Å². The third-order valence-corrected chi connectivity index (χ3v) is 4.14. The second-order valence-corrected chi connectivity index (χ2v) is 5.05. The average molecular weight is 256 g/mol. The number of aromatic nitrogens is 1. The molecule has 0 amide bonds. The van der Waals surface area contributed by atoms with Crippen LogP contribution in [0.4, 0.5) is 5.69 Å². The molecule has 0 spiro atoms. The molecular formula is C16H20N2O. The lowest BCUT2D eigenvalue weighted by Gasteiger charge is -2.21. The van der Waals surface area contributed by atoms with Crippen LogP contribution in [0.25, 0.3) is 0 Å². The van der Waals surface area contributed by atoms with Crippen LogP contribution >= 0.6 is 0 Å². The van der Waals surface area contributed by atoms with Gasteiger partial charge in [-0.15, -0.1) is 0 Å². The molecule has 1 aromatic carbocycles. The van der Waals surface area contributed by atoms with Crippen molar-refractivity contribution in [3.05, 3.63) is 47.3 Å². The number of hydrogen-bond donors (Lipinski definition) is 0. The van der Waals surface area contributed by atoms with Crippen LogP contribution in [-0.4, -0.2) is 18.2 Å². The molecule has 3 heteroatoms. The van der Waals surface area contributed by atoms with E-state index in [-0.39, 0.29) is 0 Å². The second-order valence-electron chi connectivity index (χ2n) is 5.05. The Morgan fingerprint density at radius 3 is 2.84 bits per heavy atom. The fourth-order valence-corrected chi connectivity index (χ4v) is 3.12. The Morgan fingerprint density at radius 1 is 1.26 bits per heavy atom. The van der Waals surface area contributed by atoms with Gasteiger partial charge in [0.15, 0.2) is 0 Å². The van der Waals surface area contributed by atoms with E-state index in [9.17, 15) is 0 Å². The average Bonchev–Trinajstić information content (AvgIpc) is 3.06. The van der Waals surface area contributed by atoms with Crippen LogP contribution in [0.3, 0.4) is 0 Å². The van der Waals surface area contributed by atoms with Gasteiger partial charge in [-0.3, -0.25) is 0 Å². The summed E-state index contributed by atoms with van der Waals surface area (Å²) in [6.45, 7) is 6.31. The molecule has 1 aromatic heterocycles. The van der Waals surface area contributed by atoms with E-state index in [1.54, 1.807) is 6.26 Å². The molecule has 1 aliphatic carbocycles. The predicted octanol–water partition coefficient (Wildman–Crippen LogP) is 3.60. The van der Waals surface area contributed by atoms with E-state index in [0.717, 1.165) is 37.3 Å². The first kappa shape index (κ1) is 12.3. The van der Waals surface area contributed by atoms with Crippen molar-refractivity contribution in [3.63, 3.8) is 0 Å². The van der Waals surface area contributed by atoms with Gasteiger partial charge < -0.3 is 9.42 Å². The summed E-state index contributed by atoms with van der Waals surface area (Å²) in [5, 5.41) is 4.30. The molecule has 100 valence electrons. The number of rotatable bonds is 4. The number of hydrogen-bond acceptors (Lipinski definition) is 3. The Balaban J connectivity index is 1.99. The van der Waals surface area contributed by atoms with Crippen LogP contribution in [0.1, 0.15) is 43.0 Å². The van der Waals surface area contributed by atoms with Gasteiger partial charge in [-0.2, -0.15) is 0 Å². The fourth-order valence-electron chi connectivity index (χ4n) is 3.12. The van der Waals surface area contributed by atoms with Gasteiger partial charge in [0.2, 0.25) is 0 Å². The molecule has 3 rings (SSSR count). The maximum atomic E-state index is 5.27. The SMILES string of the molecule is CCN(CC)c1conc1C1CCc2ccccc21. The Labute approximate surface area is 114 Å². The lowest BCUT2D eigenvalue weighted by atomic mass is 9.97. The molecule has 0 radical (unpaired) electrons. The summed E-state index contributed by atoms with van der Waals surface area (Å²) in [5.41, 5.74) is 5.14. The summed E-state index contributed by atoms with van der Waals surface area (Å²) in [4.78, 5) is 2.31. The van der Waals surface area contributed by atoms with E-state index in [0.29, 0.717) is 5.92 Å². The zero-order valence-corrected chi connectivity index (χ0v) is 11.6. The van der Waals surface area contributed by atoms with Crippen molar-refractivity contribution in [1.82, 2.24) is 5.16 Å². The van der Waals surface area contributed by atoms with E-state index >= 15 is 0 Å². The van der Waals surface area contributed by atoms with Gasteiger partial charge in [0.25, 0.3) is 0 Å². The normalized spacial score (nSPS) is 17.5. The third kappa shape index (κ3) is 2.03. The number of fused-ring (bicyclic) bond motifs is 1. The first-order chi connectivity index (χ1) is 9.35. The predicted molar refractivity (Wildman–Crippen MR) is 76.7 cm³/mol. The van der Waals surface area contributed by atoms with Gasteiger partial charge >= 0.3 is 0 Å². The Kier molecular flexibility index (Phi) is 3.28. The second kappa shape index (κ2) is 5.08. The molecule has 0 saturated heterocycles. The van der Waals surface area contributed by atoms with Crippen molar-refractivity contribution in [1.29, 1.82) is 0 Å². The smallest absolute Gasteiger partial charge is 0.147 e. The molecular weight excluding hydrogens is 236 g/mol. The maximum absolute atomic E-state index is 5.27. The number of aryl methyl sites for hydroxylation is 1. The Hall–Kier alpha value is -1.77. The van der Waals surface area contributed by atoms with Gasteiger partial charge in [0.05, 0.1) is 0 Å². The highest BCUT2D eigenvalue weighted by atomic mass is 16.5. The zero-order chi connectivity index (χ0) is 13.2. The Bertz CT molecular complexity index is 557. The third-order valence-electron chi connectivity index (χ3n) is 4.14. The van der Waals surface area contributed by atoms with Crippen LogP contribution in [-0.2, 0) is 6.42 Å². The molecule has 0 saturated carbocycles. The van der Waals surface area contributed by atoms with Gasteiger partial charge in [0.1, 0.15) is 17.6 Å². The first-order valence-corrected chi connectivity index (χ1v) is 7.12. The minimum atomic E-state index is 0.394. The van der Waals surface area contributed by atoms with Crippen molar-refractivity contribution in [2.75, 3.05) is 18.0 Å². The number of benzene rings is 1. The quantitative estimate of drug-likeness (QED) is 0.837. The largest absolute Gasteiger partial charge is 0.368 e. The maximum Gasteiger partial charge on any atom is 0.147 e. The van der Waals surface area contributed by atoms with E-state index < -0.39 is 0 Å². The lowest BCUT2D eigenvalue weighted by molar-refractivity contribution is 0.408. The minimum Gasteiger partial charge on any atom is -0.368 e. The Morgan fingerprint density at radius 2 is 2.05 bits per heavy atom. The topological polar surface area (TPSA) is 29.3 Å². The van der Waals surface area contributed by atoms with Crippen molar-refractivity contribution in [3.8, 4) is 0 Å². The highest BCUT2D eigenvalue weighted by Crippen LogP contribution is 2.40. The minimum absolute atomic E-state index is 0.394. The van der Waals surface area contributed by atoms with Crippen molar-refractivity contribution in [2.45, 2.75) is 32.6 Å². The monoisotopic (exact) mass is 256 g/mol. The molecule has 1 heterocycles.